The van der Waals surface area contributed by atoms with Crippen LogP contribution in [0.15, 0.2) is 36.7 Å². The molecule has 0 aliphatic heterocycles. The number of anilines is 1. The van der Waals surface area contributed by atoms with Crippen molar-refractivity contribution in [1.29, 1.82) is 0 Å². The van der Waals surface area contributed by atoms with Gasteiger partial charge in [0.2, 0.25) is 0 Å². The summed E-state index contributed by atoms with van der Waals surface area (Å²) in [7, 11) is 0. The van der Waals surface area contributed by atoms with Crippen molar-refractivity contribution in [2.75, 3.05) is 5.32 Å². The van der Waals surface area contributed by atoms with Crippen molar-refractivity contribution in [3.63, 3.8) is 0 Å². The number of hydrogen-bond acceptors (Lipinski definition) is 3. The summed E-state index contributed by atoms with van der Waals surface area (Å²) < 4.78 is 1.81. The van der Waals surface area contributed by atoms with Gasteiger partial charge in [-0.1, -0.05) is 36.6 Å². The first-order valence-corrected chi connectivity index (χ1v) is 6.66. The molecule has 1 aromatic carbocycles. The van der Waals surface area contributed by atoms with Crippen LogP contribution in [-0.4, -0.2) is 21.0 Å². The third-order valence-corrected chi connectivity index (χ3v) is 3.54. The standard InChI is InChI=1S/C14H18N4/c1-2-6-12(7-3-1)16-13-8-4-5-9-14(13)18-11-10-15-17-18/h4-5,8-12,16H,1-3,6-7H2. The Morgan fingerprint density at radius 2 is 1.94 bits per heavy atom. The van der Waals surface area contributed by atoms with Crippen molar-refractivity contribution < 1.29 is 0 Å². The zero-order chi connectivity index (χ0) is 12.2. The Hall–Kier alpha value is -1.84. The molecule has 0 bridgehead atoms. The SMILES string of the molecule is c1ccc(-n2ccnn2)c(NC2CCCCC2)c1. The Morgan fingerprint density at radius 1 is 1.11 bits per heavy atom. The van der Waals surface area contributed by atoms with E-state index in [0.717, 1.165) is 11.4 Å². The molecule has 4 heteroatoms. The van der Waals surface area contributed by atoms with Gasteiger partial charge in [-0.3, -0.25) is 0 Å². The van der Waals surface area contributed by atoms with Gasteiger partial charge in [0, 0.05) is 6.04 Å². The summed E-state index contributed by atoms with van der Waals surface area (Å²) in [4.78, 5) is 0. The lowest BCUT2D eigenvalue weighted by Gasteiger charge is -2.25. The van der Waals surface area contributed by atoms with Crippen LogP contribution >= 0.6 is 0 Å². The molecule has 18 heavy (non-hydrogen) atoms. The Morgan fingerprint density at radius 3 is 2.72 bits per heavy atom. The molecule has 0 spiro atoms. The molecule has 1 heterocycles. The molecule has 0 amide bonds. The second-order valence-corrected chi connectivity index (χ2v) is 4.84. The number of benzene rings is 1. The van der Waals surface area contributed by atoms with Gasteiger partial charge < -0.3 is 5.32 Å². The number of aromatic nitrogens is 3. The van der Waals surface area contributed by atoms with Gasteiger partial charge in [-0.2, -0.15) is 0 Å². The highest BCUT2D eigenvalue weighted by atomic mass is 15.4. The maximum absolute atomic E-state index is 4.07. The molecular weight excluding hydrogens is 224 g/mol. The molecule has 1 aliphatic rings. The van der Waals surface area contributed by atoms with E-state index >= 15 is 0 Å². The molecular formula is C14H18N4. The lowest BCUT2D eigenvalue weighted by Crippen LogP contribution is -2.23. The fraction of sp³-hybridized carbons (Fsp3) is 0.429. The van der Waals surface area contributed by atoms with E-state index in [9.17, 15) is 0 Å². The van der Waals surface area contributed by atoms with Gasteiger partial charge in [0.15, 0.2) is 0 Å². The molecule has 1 aromatic heterocycles. The van der Waals surface area contributed by atoms with Crippen molar-refractivity contribution in [1.82, 2.24) is 15.0 Å². The fourth-order valence-corrected chi connectivity index (χ4v) is 2.60. The van der Waals surface area contributed by atoms with Crippen molar-refractivity contribution in [2.45, 2.75) is 38.1 Å². The number of para-hydroxylation sites is 2. The lowest BCUT2D eigenvalue weighted by atomic mass is 9.95. The van der Waals surface area contributed by atoms with Crippen molar-refractivity contribution in [3.8, 4) is 5.69 Å². The smallest absolute Gasteiger partial charge is 0.0894 e. The van der Waals surface area contributed by atoms with Crippen LogP contribution in [0.25, 0.3) is 5.69 Å². The zero-order valence-electron chi connectivity index (χ0n) is 10.4. The van der Waals surface area contributed by atoms with Crippen LogP contribution in [0.2, 0.25) is 0 Å². The van der Waals surface area contributed by atoms with Crippen LogP contribution in [0.1, 0.15) is 32.1 Å². The topological polar surface area (TPSA) is 42.7 Å². The highest BCUT2D eigenvalue weighted by Crippen LogP contribution is 2.25. The van der Waals surface area contributed by atoms with Crippen LogP contribution in [0.3, 0.4) is 0 Å². The van der Waals surface area contributed by atoms with Gasteiger partial charge in [0.1, 0.15) is 0 Å². The molecule has 3 rings (SSSR count). The van der Waals surface area contributed by atoms with Crippen molar-refractivity contribution in [3.05, 3.63) is 36.7 Å². The largest absolute Gasteiger partial charge is 0.381 e. The molecule has 1 saturated carbocycles. The van der Waals surface area contributed by atoms with Gasteiger partial charge in [-0.25, -0.2) is 4.68 Å². The van der Waals surface area contributed by atoms with Crippen LogP contribution in [0.4, 0.5) is 5.69 Å². The molecule has 1 N–H and O–H groups in total. The van der Waals surface area contributed by atoms with Gasteiger partial charge in [-0.15, -0.1) is 5.10 Å². The van der Waals surface area contributed by atoms with E-state index in [1.807, 2.05) is 16.9 Å². The van der Waals surface area contributed by atoms with Gasteiger partial charge in [0.05, 0.1) is 23.8 Å². The highest BCUT2D eigenvalue weighted by Gasteiger charge is 2.14. The molecule has 0 saturated heterocycles. The zero-order valence-corrected chi connectivity index (χ0v) is 10.4. The van der Waals surface area contributed by atoms with Gasteiger partial charge in [0.25, 0.3) is 0 Å². The molecule has 1 fully saturated rings. The maximum Gasteiger partial charge on any atom is 0.0894 e. The Labute approximate surface area is 107 Å². The molecule has 94 valence electrons. The molecule has 0 unspecified atom stereocenters. The summed E-state index contributed by atoms with van der Waals surface area (Å²) in [5.74, 6) is 0. The summed E-state index contributed by atoms with van der Waals surface area (Å²) >= 11 is 0. The fourth-order valence-electron chi connectivity index (χ4n) is 2.60. The average Bonchev–Trinajstić information content (AvgIpc) is 2.94. The Balaban J connectivity index is 1.83. The van der Waals surface area contributed by atoms with Crippen LogP contribution in [-0.2, 0) is 0 Å². The normalized spacial score (nSPS) is 16.7. The Bertz CT molecular complexity index is 486. The highest BCUT2D eigenvalue weighted by molar-refractivity contribution is 5.60. The predicted octanol–water partition coefficient (Wildman–Crippen LogP) is 3.01. The van der Waals surface area contributed by atoms with Crippen molar-refractivity contribution >= 4 is 5.69 Å². The second kappa shape index (κ2) is 5.21. The Kier molecular flexibility index (Phi) is 3.26. The third-order valence-electron chi connectivity index (χ3n) is 3.54. The third kappa shape index (κ3) is 2.37. The summed E-state index contributed by atoms with van der Waals surface area (Å²) in [6, 6.07) is 8.88. The quantitative estimate of drug-likeness (QED) is 0.899. The van der Waals surface area contributed by atoms with E-state index in [0.29, 0.717) is 6.04 Å². The summed E-state index contributed by atoms with van der Waals surface area (Å²) in [6.07, 6.45) is 10.2. The van der Waals surface area contributed by atoms with Crippen molar-refractivity contribution in [2.24, 2.45) is 0 Å². The number of rotatable bonds is 3. The van der Waals surface area contributed by atoms with E-state index < -0.39 is 0 Å². The minimum Gasteiger partial charge on any atom is -0.381 e. The monoisotopic (exact) mass is 242 g/mol. The van der Waals surface area contributed by atoms with E-state index in [4.69, 9.17) is 0 Å². The van der Waals surface area contributed by atoms with E-state index in [1.165, 1.54) is 32.1 Å². The summed E-state index contributed by atoms with van der Waals surface area (Å²) in [5, 5.41) is 11.6. The molecule has 1 aliphatic carbocycles. The predicted molar refractivity (Wildman–Crippen MR) is 71.9 cm³/mol. The summed E-state index contributed by atoms with van der Waals surface area (Å²) in [5.41, 5.74) is 2.22. The number of hydrogen-bond donors (Lipinski definition) is 1. The molecule has 4 nitrogen and oxygen atoms in total. The maximum atomic E-state index is 4.07. The van der Waals surface area contributed by atoms with E-state index in [2.05, 4.69) is 33.8 Å². The van der Waals surface area contributed by atoms with E-state index in [1.54, 1.807) is 6.20 Å². The second-order valence-electron chi connectivity index (χ2n) is 4.84. The lowest BCUT2D eigenvalue weighted by molar-refractivity contribution is 0.462. The van der Waals surface area contributed by atoms with Gasteiger partial charge in [-0.05, 0) is 25.0 Å². The van der Waals surface area contributed by atoms with Gasteiger partial charge >= 0.3 is 0 Å². The minimum absolute atomic E-state index is 0.600. The first-order valence-electron chi connectivity index (χ1n) is 6.66. The first kappa shape index (κ1) is 11.3. The molecule has 0 atom stereocenters. The first-order chi connectivity index (χ1) is 8.93. The molecule has 2 aromatic rings. The van der Waals surface area contributed by atoms with Crippen LogP contribution in [0, 0.1) is 0 Å². The van der Waals surface area contributed by atoms with E-state index in [-0.39, 0.29) is 0 Å². The summed E-state index contributed by atoms with van der Waals surface area (Å²) in [6.45, 7) is 0. The van der Waals surface area contributed by atoms with Crippen LogP contribution < -0.4 is 5.32 Å². The average molecular weight is 242 g/mol. The van der Waals surface area contributed by atoms with Crippen LogP contribution in [0.5, 0.6) is 0 Å². The minimum atomic E-state index is 0.600. The number of nitrogens with one attached hydrogen (secondary N) is 1. The number of nitrogens with zero attached hydrogens (tertiary/aromatic N) is 3. The molecule has 0 radical (unpaired) electrons.